The molecule has 140 valence electrons. The summed E-state index contributed by atoms with van der Waals surface area (Å²) in [6.07, 6.45) is 0.730. The van der Waals surface area contributed by atoms with Gasteiger partial charge >= 0.3 is 6.09 Å². The summed E-state index contributed by atoms with van der Waals surface area (Å²) in [6.45, 7) is 5.81. The fourth-order valence-corrected chi connectivity index (χ4v) is 4.31. The Kier molecular flexibility index (Phi) is 6.05. The number of alkyl carbamates (subject to hydrolysis) is 1. The summed E-state index contributed by atoms with van der Waals surface area (Å²) in [4.78, 5) is 11.9. The van der Waals surface area contributed by atoms with Crippen LogP contribution in [-0.4, -0.2) is 43.5 Å². The van der Waals surface area contributed by atoms with E-state index >= 15 is 0 Å². The molecule has 6 nitrogen and oxygen atoms in total. The monoisotopic (exact) mass is 372 g/mol. The summed E-state index contributed by atoms with van der Waals surface area (Å²) in [6, 6.07) is 5.52. The van der Waals surface area contributed by atoms with Gasteiger partial charge in [0.1, 0.15) is 11.4 Å². The van der Waals surface area contributed by atoms with E-state index in [2.05, 4.69) is 5.32 Å². The third kappa shape index (κ3) is 5.97. The number of nitrogens with one attached hydrogen (secondary N) is 1. The van der Waals surface area contributed by atoms with E-state index < -0.39 is 33.3 Å². The minimum Gasteiger partial charge on any atom is -0.444 e. The molecule has 0 bridgehead atoms. The Hall–Kier alpha value is -1.67. The molecule has 1 saturated heterocycles. The molecule has 0 aliphatic carbocycles. The molecule has 0 aromatic heterocycles. The van der Waals surface area contributed by atoms with Crippen LogP contribution in [0.25, 0.3) is 0 Å². The van der Waals surface area contributed by atoms with Gasteiger partial charge in [-0.1, -0.05) is 18.2 Å². The van der Waals surface area contributed by atoms with Gasteiger partial charge in [-0.2, -0.15) is 4.31 Å². The highest BCUT2D eigenvalue weighted by Crippen LogP contribution is 2.19. The zero-order chi connectivity index (χ0) is 18.7. The van der Waals surface area contributed by atoms with Crippen LogP contribution in [0.1, 0.15) is 39.2 Å². The average molecular weight is 372 g/mol. The molecule has 8 heteroatoms. The topological polar surface area (TPSA) is 75.7 Å². The van der Waals surface area contributed by atoms with E-state index in [0.29, 0.717) is 19.4 Å². The summed E-state index contributed by atoms with van der Waals surface area (Å²) >= 11 is 0. The predicted octanol–water partition coefficient (Wildman–Crippen LogP) is 2.64. The van der Waals surface area contributed by atoms with Crippen molar-refractivity contribution in [1.82, 2.24) is 9.62 Å². The molecular formula is C17H25FN2O4S. The first-order valence-electron chi connectivity index (χ1n) is 8.27. The number of nitrogens with zero attached hydrogens (tertiary/aromatic N) is 1. The van der Waals surface area contributed by atoms with Crippen molar-refractivity contribution in [2.75, 3.05) is 13.1 Å². The van der Waals surface area contributed by atoms with Crippen molar-refractivity contribution in [3.8, 4) is 0 Å². The molecule has 1 atom stereocenters. The number of hydrogen-bond donors (Lipinski definition) is 1. The van der Waals surface area contributed by atoms with Gasteiger partial charge in [0.2, 0.25) is 10.0 Å². The molecule has 0 saturated carbocycles. The van der Waals surface area contributed by atoms with Gasteiger partial charge in [0.15, 0.2) is 0 Å². The second kappa shape index (κ2) is 7.70. The van der Waals surface area contributed by atoms with Crippen molar-refractivity contribution < 1.29 is 22.3 Å². The maximum atomic E-state index is 13.7. The Morgan fingerprint density at radius 2 is 2.04 bits per heavy atom. The summed E-state index contributed by atoms with van der Waals surface area (Å²) < 4.78 is 45.4. The standard InChI is InChI=1S/C17H25FN2O4S/c1-17(2,3)24-16(21)19-14-8-6-10-20(11-14)25(22,23)12-13-7-4-5-9-15(13)18/h4-5,7,9,14H,6,8,10-12H2,1-3H3,(H,19,21). The number of hydrogen-bond acceptors (Lipinski definition) is 4. The molecule has 1 aromatic carbocycles. The molecule has 1 amide bonds. The van der Waals surface area contributed by atoms with Crippen molar-refractivity contribution in [3.05, 3.63) is 35.6 Å². The van der Waals surface area contributed by atoms with E-state index in [-0.39, 0.29) is 18.2 Å². The van der Waals surface area contributed by atoms with Gasteiger partial charge in [0, 0.05) is 24.7 Å². The van der Waals surface area contributed by atoms with Crippen LogP contribution < -0.4 is 5.32 Å². The lowest BCUT2D eigenvalue weighted by Crippen LogP contribution is -2.50. The molecule has 1 heterocycles. The lowest BCUT2D eigenvalue weighted by molar-refractivity contribution is 0.0487. The maximum absolute atomic E-state index is 13.7. The highest BCUT2D eigenvalue weighted by atomic mass is 32.2. The third-order valence-corrected chi connectivity index (χ3v) is 5.59. The number of benzene rings is 1. The van der Waals surface area contributed by atoms with Crippen molar-refractivity contribution >= 4 is 16.1 Å². The molecule has 0 spiro atoms. The van der Waals surface area contributed by atoms with E-state index in [0.717, 1.165) is 0 Å². The van der Waals surface area contributed by atoms with Gasteiger partial charge in [-0.05, 0) is 39.7 Å². The number of amides is 1. The number of piperidine rings is 1. The minimum absolute atomic E-state index is 0.143. The molecule has 1 N–H and O–H groups in total. The van der Waals surface area contributed by atoms with Crippen LogP contribution in [0.15, 0.2) is 24.3 Å². The Bertz CT molecular complexity index is 716. The number of halogens is 1. The lowest BCUT2D eigenvalue weighted by Gasteiger charge is -2.33. The Labute approximate surface area is 148 Å². The van der Waals surface area contributed by atoms with Crippen LogP contribution in [0.3, 0.4) is 0 Å². The molecule has 25 heavy (non-hydrogen) atoms. The molecular weight excluding hydrogens is 347 g/mol. The Morgan fingerprint density at radius 1 is 1.36 bits per heavy atom. The zero-order valence-electron chi connectivity index (χ0n) is 14.8. The van der Waals surface area contributed by atoms with E-state index in [1.807, 2.05) is 0 Å². The number of carbonyl (C=O) groups is 1. The third-order valence-electron chi connectivity index (χ3n) is 3.79. The van der Waals surface area contributed by atoms with E-state index in [1.165, 1.54) is 22.5 Å². The molecule has 0 radical (unpaired) electrons. The van der Waals surface area contributed by atoms with E-state index in [9.17, 15) is 17.6 Å². The largest absolute Gasteiger partial charge is 0.444 e. The highest BCUT2D eigenvalue weighted by Gasteiger charge is 2.31. The van der Waals surface area contributed by atoms with Crippen LogP contribution in [-0.2, 0) is 20.5 Å². The van der Waals surface area contributed by atoms with Crippen molar-refractivity contribution in [3.63, 3.8) is 0 Å². The summed E-state index contributed by atoms with van der Waals surface area (Å²) in [5.41, 5.74) is -0.472. The molecule has 1 fully saturated rings. The normalized spacial score (nSPS) is 19.4. The van der Waals surface area contributed by atoms with Crippen molar-refractivity contribution in [1.29, 1.82) is 0 Å². The van der Waals surface area contributed by atoms with E-state index in [1.54, 1.807) is 26.8 Å². The molecule has 1 aromatic rings. The van der Waals surface area contributed by atoms with Gasteiger partial charge in [0.25, 0.3) is 0 Å². The second-order valence-corrected chi connectivity index (χ2v) is 9.16. The zero-order valence-corrected chi connectivity index (χ0v) is 15.6. The average Bonchev–Trinajstić information content (AvgIpc) is 2.48. The summed E-state index contributed by atoms with van der Waals surface area (Å²) in [7, 11) is -3.66. The first-order chi connectivity index (χ1) is 11.6. The molecule has 1 unspecified atom stereocenters. The van der Waals surface area contributed by atoms with Crippen LogP contribution in [0.4, 0.5) is 9.18 Å². The maximum Gasteiger partial charge on any atom is 0.407 e. The quantitative estimate of drug-likeness (QED) is 0.882. The highest BCUT2D eigenvalue weighted by molar-refractivity contribution is 7.88. The first-order valence-corrected chi connectivity index (χ1v) is 9.88. The lowest BCUT2D eigenvalue weighted by atomic mass is 10.1. The van der Waals surface area contributed by atoms with Crippen LogP contribution in [0.5, 0.6) is 0 Å². The first kappa shape index (κ1) is 19.7. The van der Waals surface area contributed by atoms with Gasteiger partial charge < -0.3 is 10.1 Å². The Morgan fingerprint density at radius 3 is 2.68 bits per heavy atom. The van der Waals surface area contributed by atoms with Gasteiger partial charge in [-0.3, -0.25) is 0 Å². The fourth-order valence-electron chi connectivity index (χ4n) is 2.69. The smallest absolute Gasteiger partial charge is 0.407 e. The number of sulfonamides is 1. The number of carbonyl (C=O) groups excluding carboxylic acids is 1. The predicted molar refractivity (Wildman–Crippen MR) is 93.0 cm³/mol. The minimum atomic E-state index is -3.66. The summed E-state index contributed by atoms with van der Waals surface area (Å²) in [5.74, 6) is -0.926. The van der Waals surface area contributed by atoms with Gasteiger partial charge in [-0.25, -0.2) is 17.6 Å². The molecule has 2 rings (SSSR count). The van der Waals surface area contributed by atoms with E-state index in [4.69, 9.17) is 4.74 Å². The second-order valence-electron chi connectivity index (χ2n) is 7.19. The van der Waals surface area contributed by atoms with Crippen LogP contribution >= 0.6 is 0 Å². The fraction of sp³-hybridized carbons (Fsp3) is 0.588. The van der Waals surface area contributed by atoms with Crippen LogP contribution in [0, 0.1) is 5.82 Å². The number of rotatable bonds is 4. The molecule has 1 aliphatic heterocycles. The number of ether oxygens (including phenoxy) is 1. The van der Waals surface area contributed by atoms with Gasteiger partial charge in [0.05, 0.1) is 5.75 Å². The summed E-state index contributed by atoms with van der Waals surface area (Å²) in [5, 5.41) is 2.71. The SMILES string of the molecule is CC(C)(C)OC(=O)NC1CCCN(S(=O)(=O)Cc2ccccc2F)C1. The van der Waals surface area contributed by atoms with Crippen molar-refractivity contribution in [2.24, 2.45) is 0 Å². The van der Waals surface area contributed by atoms with Gasteiger partial charge in [-0.15, -0.1) is 0 Å². The molecule has 1 aliphatic rings. The van der Waals surface area contributed by atoms with Crippen LogP contribution in [0.2, 0.25) is 0 Å². The van der Waals surface area contributed by atoms with Crippen molar-refractivity contribution in [2.45, 2.75) is 51.0 Å². The Balaban J connectivity index is 2.00.